The normalized spacial score (nSPS) is 11.6. The first-order valence-electron chi connectivity index (χ1n) is 13.2. The highest BCUT2D eigenvalue weighted by atomic mass is 19.4. The summed E-state index contributed by atoms with van der Waals surface area (Å²) in [4.78, 5) is 28.7. The van der Waals surface area contributed by atoms with Crippen LogP contribution in [-0.4, -0.2) is 25.4 Å². The van der Waals surface area contributed by atoms with Crippen molar-refractivity contribution in [1.29, 1.82) is 0 Å². The predicted molar refractivity (Wildman–Crippen MR) is 155 cm³/mol. The number of aromatic nitrogens is 3. The molecule has 0 radical (unpaired) electrons. The highest BCUT2D eigenvalue weighted by Crippen LogP contribution is 2.35. The molecule has 0 fully saturated rings. The third kappa shape index (κ3) is 6.17. The van der Waals surface area contributed by atoms with E-state index in [1.165, 1.54) is 12.1 Å². The van der Waals surface area contributed by atoms with Crippen LogP contribution in [0.15, 0.2) is 72.9 Å². The maximum absolute atomic E-state index is 14.1. The van der Waals surface area contributed by atoms with E-state index in [2.05, 4.69) is 15.4 Å². The third-order valence-corrected chi connectivity index (χ3v) is 6.81. The molecule has 1 N–H and O–H groups in total. The highest BCUT2D eigenvalue weighted by molar-refractivity contribution is 6.08. The number of hydrogen-bond acceptors (Lipinski definition) is 6. The Bertz CT molecular complexity index is 1860. The van der Waals surface area contributed by atoms with Gasteiger partial charge in [0.2, 0.25) is 0 Å². The Hall–Kier alpha value is -5.26. The highest BCUT2D eigenvalue weighted by Gasteiger charge is 2.36. The van der Waals surface area contributed by atoms with Gasteiger partial charge in [-0.25, -0.2) is 9.50 Å². The number of carbonyl (C=O) groups excluding carboxylic acids is 1. The van der Waals surface area contributed by atoms with Gasteiger partial charge in [-0.1, -0.05) is 50.2 Å². The van der Waals surface area contributed by atoms with Crippen LogP contribution in [0.25, 0.3) is 16.9 Å². The number of ether oxygens (including phenoxy) is 1. The van der Waals surface area contributed by atoms with Gasteiger partial charge in [-0.3, -0.25) is 14.9 Å². The van der Waals surface area contributed by atoms with Crippen molar-refractivity contribution in [3.63, 3.8) is 0 Å². The summed E-state index contributed by atoms with van der Waals surface area (Å²) in [6, 6.07) is 17.0. The molecule has 5 aromatic rings. The first-order valence-corrected chi connectivity index (χ1v) is 13.2. The monoisotopic (exact) mass is 589 g/mol. The summed E-state index contributed by atoms with van der Waals surface area (Å²) in [5.74, 6) is -0.0806. The van der Waals surface area contributed by atoms with E-state index in [0.29, 0.717) is 15.8 Å². The second kappa shape index (κ2) is 11.2. The summed E-state index contributed by atoms with van der Waals surface area (Å²) < 4.78 is 48.7. The van der Waals surface area contributed by atoms with E-state index < -0.39 is 22.7 Å². The first kappa shape index (κ1) is 29.2. The number of alkyl halides is 3. The minimum absolute atomic E-state index is 0.00393. The number of nitrogens with zero attached hydrogens (tertiary/aromatic N) is 4. The number of nitro groups is 1. The third-order valence-electron chi connectivity index (χ3n) is 6.81. The van der Waals surface area contributed by atoms with Gasteiger partial charge in [0, 0.05) is 17.7 Å². The Morgan fingerprint density at radius 2 is 1.74 bits per heavy atom. The van der Waals surface area contributed by atoms with Crippen LogP contribution >= 0.6 is 0 Å². The Labute approximate surface area is 244 Å². The second-order valence-corrected chi connectivity index (χ2v) is 10.4. The molecule has 9 nitrogen and oxygen atoms in total. The van der Waals surface area contributed by atoms with E-state index in [4.69, 9.17) is 4.74 Å². The average Bonchev–Trinajstić information content (AvgIpc) is 3.38. The number of amides is 1. The van der Waals surface area contributed by atoms with Crippen molar-refractivity contribution in [2.45, 2.75) is 39.8 Å². The van der Waals surface area contributed by atoms with Crippen molar-refractivity contribution < 1.29 is 27.6 Å². The van der Waals surface area contributed by atoms with Gasteiger partial charge in [-0.15, -0.1) is 0 Å². The number of halogens is 3. The zero-order valence-corrected chi connectivity index (χ0v) is 23.6. The van der Waals surface area contributed by atoms with Crippen LogP contribution < -0.4 is 10.1 Å². The molecule has 0 atom stereocenters. The molecule has 1 amide bonds. The standard InChI is InChI=1S/C31H26F3N5O4/c1-17(2)20-7-9-21(10-8-20)26-15-28(31(32,33)34)38-29(37-26)25(16-35-38)30(40)36-22-12-23(39(41)42)14-24(13-22)43-27-11-18(3)5-6-19(27)4/h5-17H,1-4H3,(H,36,40). The van der Waals surface area contributed by atoms with Gasteiger partial charge in [-0.05, 0) is 48.6 Å². The van der Waals surface area contributed by atoms with Gasteiger partial charge < -0.3 is 10.1 Å². The van der Waals surface area contributed by atoms with E-state index in [0.717, 1.165) is 35.0 Å². The maximum atomic E-state index is 14.1. The van der Waals surface area contributed by atoms with Crippen LogP contribution in [0, 0.1) is 24.0 Å². The van der Waals surface area contributed by atoms with Gasteiger partial charge in [-0.2, -0.15) is 18.3 Å². The fourth-order valence-corrected chi connectivity index (χ4v) is 4.47. The number of nitro benzene ring substituents is 1. The molecule has 3 aromatic carbocycles. The lowest BCUT2D eigenvalue weighted by Gasteiger charge is -2.13. The molecule has 220 valence electrons. The quantitative estimate of drug-likeness (QED) is 0.152. The van der Waals surface area contributed by atoms with Gasteiger partial charge in [0.1, 0.15) is 17.1 Å². The number of fused-ring (bicyclic) bond motifs is 1. The van der Waals surface area contributed by atoms with Crippen molar-refractivity contribution in [2.75, 3.05) is 5.32 Å². The lowest BCUT2D eigenvalue weighted by atomic mass is 10.0. The minimum Gasteiger partial charge on any atom is -0.457 e. The van der Waals surface area contributed by atoms with E-state index in [1.54, 1.807) is 18.2 Å². The van der Waals surface area contributed by atoms with Crippen molar-refractivity contribution >= 4 is 22.9 Å². The average molecular weight is 590 g/mol. The lowest BCUT2D eigenvalue weighted by Crippen LogP contribution is -2.16. The Kier molecular flexibility index (Phi) is 7.61. The molecule has 12 heteroatoms. The Morgan fingerprint density at radius 3 is 2.40 bits per heavy atom. The van der Waals surface area contributed by atoms with E-state index in [1.807, 2.05) is 52.0 Å². The lowest BCUT2D eigenvalue weighted by molar-refractivity contribution is -0.384. The molecule has 0 bridgehead atoms. The number of rotatable bonds is 7. The summed E-state index contributed by atoms with van der Waals surface area (Å²) >= 11 is 0. The van der Waals surface area contributed by atoms with E-state index in [-0.39, 0.29) is 39.9 Å². The Morgan fingerprint density at radius 1 is 1.02 bits per heavy atom. The molecule has 0 aliphatic heterocycles. The fraction of sp³-hybridized carbons (Fsp3) is 0.194. The molecule has 0 saturated heterocycles. The molecular formula is C31H26F3N5O4. The van der Waals surface area contributed by atoms with Crippen LogP contribution in [-0.2, 0) is 6.18 Å². The number of hydrogen-bond donors (Lipinski definition) is 1. The van der Waals surface area contributed by atoms with Crippen LogP contribution in [0.1, 0.15) is 52.5 Å². The number of anilines is 1. The second-order valence-electron chi connectivity index (χ2n) is 10.4. The fourth-order valence-electron chi connectivity index (χ4n) is 4.47. The maximum Gasteiger partial charge on any atom is 0.433 e. The molecular weight excluding hydrogens is 563 g/mol. The summed E-state index contributed by atoms with van der Waals surface area (Å²) in [7, 11) is 0. The summed E-state index contributed by atoms with van der Waals surface area (Å²) in [6.07, 6.45) is -3.82. The number of non-ortho nitro benzene ring substituents is 1. The predicted octanol–water partition coefficient (Wildman–Crippen LogP) is 8.11. The number of benzene rings is 3. The van der Waals surface area contributed by atoms with Crippen LogP contribution in [0.5, 0.6) is 11.5 Å². The summed E-state index contributed by atoms with van der Waals surface area (Å²) in [6.45, 7) is 7.68. The molecule has 2 aromatic heterocycles. The number of nitrogens with one attached hydrogen (secondary N) is 1. The summed E-state index contributed by atoms with van der Waals surface area (Å²) in [5, 5.41) is 18.0. The van der Waals surface area contributed by atoms with Crippen molar-refractivity contribution in [1.82, 2.24) is 14.6 Å². The topological polar surface area (TPSA) is 112 Å². The van der Waals surface area contributed by atoms with Gasteiger partial charge >= 0.3 is 6.18 Å². The van der Waals surface area contributed by atoms with Crippen molar-refractivity contribution in [3.8, 4) is 22.8 Å². The largest absolute Gasteiger partial charge is 0.457 e. The SMILES string of the molecule is Cc1ccc(C)c(Oc2cc(NC(=O)c3cnn4c(C(F)(F)F)cc(-c5ccc(C(C)C)cc5)nc34)cc([N+](=O)[O-])c2)c1. The molecule has 0 spiro atoms. The molecule has 0 aliphatic carbocycles. The van der Waals surface area contributed by atoms with E-state index in [9.17, 15) is 28.1 Å². The smallest absolute Gasteiger partial charge is 0.433 e. The van der Waals surface area contributed by atoms with Crippen molar-refractivity contribution in [3.05, 3.63) is 111 Å². The Balaban J connectivity index is 1.54. The van der Waals surface area contributed by atoms with E-state index >= 15 is 0 Å². The van der Waals surface area contributed by atoms with Crippen LogP contribution in [0.2, 0.25) is 0 Å². The number of aryl methyl sites for hydroxylation is 2. The molecule has 2 heterocycles. The van der Waals surface area contributed by atoms with Gasteiger partial charge in [0.15, 0.2) is 11.3 Å². The van der Waals surface area contributed by atoms with Crippen molar-refractivity contribution in [2.24, 2.45) is 0 Å². The first-order chi connectivity index (χ1) is 20.3. The minimum atomic E-state index is -4.80. The zero-order valence-electron chi connectivity index (χ0n) is 23.6. The summed E-state index contributed by atoms with van der Waals surface area (Å²) in [5.41, 5.74) is 1.08. The molecule has 0 saturated carbocycles. The molecule has 43 heavy (non-hydrogen) atoms. The van der Waals surface area contributed by atoms with Crippen LogP contribution in [0.4, 0.5) is 24.5 Å². The molecule has 0 unspecified atom stereocenters. The number of carbonyl (C=O) groups is 1. The van der Waals surface area contributed by atoms with Gasteiger partial charge in [0.05, 0.1) is 28.6 Å². The molecule has 0 aliphatic rings. The van der Waals surface area contributed by atoms with Crippen LogP contribution in [0.3, 0.4) is 0 Å². The molecule has 5 rings (SSSR count). The van der Waals surface area contributed by atoms with Gasteiger partial charge in [0.25, 0.3) is 11.6 Å². The zero-order chi connectivity index (χ0) is 31.1.